The first-order chi connectivity index (χ1) is 7.92. The van der Waals surface area contributed by atoms with Crippen LogP contribution in [-0.4, -0.2) is 35.1 Å². The molecule has 0 aliphatic heterocycles. The molecule has 4 nitrogen and oxygen atoms in total. The van der Waals surface area contributed by atoms with Crippen LogP contribution >= 0.6 is 0 Å². The van der Waals surface area contributed by atoms with Crippen molar-refractivity contribution >= 4 is 5.97 Å². The normalized spacial score (nSPS) is 14.6. The Morgan fingerprint density at radius 2 is 2.18 bits per heavy atom. The zero-order valence-electron chi connectivity index (χ0n) is 10.3. The lowest BCUT2D eigenvalue weighted by Gasteiger charge is -2.37. The molecular weight excluding hydrogens is 223 g/mol. The summed E-state index contributed by atoms with van der Waals surface area (Å²) >= 11 is 0. The van der Waals surface area contributed by atoms with Crippen molar-refractivity contribution in [2.45, 2.75) is 25.3 Å². The second kappa shape index (κ2) is 5.23. The van der Waals surface area contributed by atoms with Gasteiger partial charge in [0.25, 0.3) is 0 Å². The molecule has 0 spiro atoms. The Labute approximate surface area is 100 Å². The number of aliphatic carboxylic acids is 1. The van der Waals surface area contributed by atoms with Crippen LogP contribution in [0.4, 0.5) is 4.39 Å². The van der Waals surface area contributed by atoms with Crippen LogP contribution in [0, 0.1) is 5.82 Å². The van der Waals surface area contributed by atoms with Crippen LogP contribution in [0.5, 0.6) is 0 Å². The summed E-state index contributed by atoms with van der Waals surface area (Å²) in [5.74, 6) is -1.32. The van der Waals surface area contributed by atoms with Gasteiger partial charge < -0.3 is 5.11 Å². The predicted octanol–water partition coefficient (Wildman–Crippen LogP) is 1.86. The number of nitrogens with zero attached hydrogens (tertiary/aromatic N) is 2. The van der Waals surface area contributed by atoms with E-state index in [9.17, 15) is 9.18 Å². The maximum Gasteiger partial charge on any atom is 0.305 e. The van der Waals surface area contributed by atoms with Gasteiger partial charge in [0, 0.05) is 0 Å². The van der Waals surface area contributed by atoms with Gasteiger partial charge in [0.15, 0.2) is 0 Å². The second-order valence-electron chi connectivity index (χ2n) is 4.21. The molecule has 1 aromatic rings. The Morgan fingerprint density at radius 3 is 2.53 bits per heavy atom. The number of carbonyl (C=O) groups is 1. The van der Waals surface area contributed by atoms with Gasteiger partial charge in [-0.2, -0.15) is 0 Å². The highest BCUT2D eigenvalue weighted by molar-refractivity contribution is 5.68. The van der Waals surface area contributed by atoms with Gasteiger partial charge in [-0.15, -0.1) is 0 Å². The van der Waals surface area contributed by atoms with Crippen molar-refractivity contribution in [1.82, 2.24) is 9.88 Å². The predicted molar refractivity (Wildman–Crippen MR) is 62.1 cm³/mol. The zero-order chi connectivity index (χ0) is 13.1. The van der Waals surface area contributed by atoms with Crippen molar-refractivity contribution in [2.75, 3.05) is 14.1 Å². The van der Waals surface area contributed by atoms with Gasteiger partial charge in [0.05, 0.1) is 23.9 Å². The fraction of sp³-hybridized carbons (Fsp3) is 0.500. The van der Waals surface area contributed by atoms with Crippen LogP contribution < -0.4 is 0 Å². The molecule has 17 heavy (non-hydrogen) atoms. The lowest BCUT2D eigenvalue weighted by atomic mass is 9.86. The minimum atomic E-state index is -0.897. The lowest BCUT2D eigenvalue weighted by molar-refractivity contribution is -0.140. The fourth-order valence-electron chi connectivity index (χ4n) is 2.00. The van der Waals surface area contributed by atoms with E-state index in [1.54, 1.807) is 20.2 Å². The average Bonchev–Trinajstić information content (AvgIpc) is 2.26. The molecular formula is C12H17FN2O2. The topological polar surface area (TPSA) is 53.4 Å². The number of aromatic nitrogens is 1. The van der Waals surface area contributed by atoms with Crippen LogP contribution in [0.25, 0.3) is 0 Å². The van der Waals surface area contributed by atoms with Crippen LogP contribution in [0.3, 0.4) is 0 Å². The van der Waals surface area contributed by atoms with Crippen LogP contribution in [0.15, 0.2) is 18.3 Å². The van der Waals surface area contributed by atoms with Crippen LogP contribution in [0.2, 0.25) is 0 Å². The standard InChI is InChI=1S/C12H17FN2O2/c1-4-12(15(2)3,7-11(16)17)10-6-5-9(13)8-14-10/h5-6,8H,4,7H2,1-3H3,(H,16,17). The highest BCUT2D eigenvalue weighted by Crippen LogP contribution is 2.32. The van der Waals surface area contributed by atoms with Crippen LogP contribution in [0.1, 0.15) is 25.5 Å². The van der Waals surface area contributed by atoms with Crippen molar-refractivity contribution in [2.24, 2.45) is 0 Å². The molecule has 1 unspecified atom stereocenters. The van der Waals surface area contributed by atoms with E-state index >= 15 is 0 Å². The third-order valence-electron chi connectivity index (χ3n) is 3.09. The molecule has 1 aromatic heterocycles. The minimum Gasteiger partial charge on any atom is -0.481 e. The number of hydrogen-bond donors (Lipinski definition) is 1. The fourth-order valence-corrected chi connectivity index (χ4v) is 2.00. The van der Waals surface area contributed by atoms with Gasteiger partial charge in [0.1, 0.15) is 5.82 Å². The number of carboxylic acids is 1. The molecule has 0 aliphatic rings. The average molecular weight is 240 g/mol. The van der Waals surface area contributed by atoms with E-state index in [4.69, 9.17) is 5.11 Å². The van der Waals surface area contributed by atoms with Gasteiger partial charge in [-0.1, -0.05) is 6.92 Å². The summed E-state index contributed by atoms with van der Waals surface area (Å²) < 4.78 is 12.9. The Kier molecular flexibility index (Phi) is 4.17. The van der Waals surface area contributed by atoms with Gasteiger partial charge in [0.2, 0.25) is 0 Å². The molecule has 1 atom stereocenters. The molecule has 0 aromatic carbocycles. The van der Waals surface area contributed by atoms with Crippen LogP contribution in [-0.2, 0) is 10.3 Å². The highest BCUT2D eigenvalue weighted by atomic mass is 19.1. The second-order valence-corrected chi connectivity index (χ2v) is 4.21. The zero-order valence-corrected chi connectivity index (χ0v) is 10.3. The van der Waals surface area contributed by atoms with E-state index in [1.807, 2.05) is 11.8 Å². The molecule has 0 saturated carbocycles. The van der Waals surface area contributed by atoms with Crippen molar-refractivity contribution < 1.29 is 14.3 Å². The maximum absolute atomic E-state index is 12.9. The van der Waals surface area contributed by atoms with E-state index in [0.717, 1.165) is 6.20 Å². The molecule has 0 amide bonds. The molecule has 1 N–H and O–H groups in total. The summed E-state index contributed by atoms with van der Waals surface area (Å²) in [6.07, 6.45) is 1.64. The number of hydrogen-bond acceptors (Lipinski definition) is 3. The molecule has 0 fully saturated rings. The van der Waals surface area contributed by atoms with E-state index in [1.165, 1.54) is 6.07 Å². The molecule has 94 valence electrons. The molecule has 0 bridgehead atoms. The largest absolute Gasteiger partial charge is 0.481 e. The molecule has 0 aliphatic carbocycles. The first-order valence-corrected chi connectivity index (χ1v) is 5.43. The van der Waals surface area contributed by atoms with Crippen molar-refractivity contribution in [3.8, 4) is 0 Å². The Hall–Kier alpha value is -1.49. The Balaban J connectivity index is 3.21. The van der Waals surface area contributed by atoms with E-state index in [2.05, 4.69) is 4.98 Å². The maximum atomic E-state index is 12.9. The smallest absolute Gasteiger partial charge is 0.305 e. The third-order valence-corrected chi connectivity index (χ3v) is 3.09. The minimum absolute atomic E-state index is 0.0604. The van der Waals surface area contributed by atoms with Gasteiger partial charge in [-0.25, -0.2) is 4.39 Å². The number of rotatable bonds is 5. The Morgan fingerprint density at radius 1 is 1.53 bits per heavy atom. The number of pyridine rings is 1. The summed E-state index contributed by atoms with van der Waals surface area (Å²) in [5, 5.41) is 9.02. The summed E-state index contributed by atoms with van der Waals surface area (Å²) in [7, 11) is 3.61. The lowest BCUT2D eigenvalue weighted by Crippen LogP contribution is -2.43. The van der Waals surface area contributed by atoms with Crippen molar-refractivity contribution in [3.05, 3.63) is 29.8 Å². The SMILES string of the molecule is CCC(CC(=O)O)(c1ccc(F)cn1)N(C)C. The van der Waals surface area contributed by atoms with E-state index in [-0.39, 0.29) is 6.42 Å². The number of halogens is 1. The molecule has 0 saturated heterocycles. The first-order valence-electron chi connectivity index (χ1n) is 5.43. The van der Waals surface area contributed by atoms with Gasteiger partial charge in [-0.05, 0) is 32.6 Å². The molecule has 1 rings (SSSR count). The summed E-state index contributed by atoms with van der Waals surface area (Å²) in [6, 6.07) is 2.85. The first kappa shape index (κ1) is 13.6. The van der Waals surface area contributed by atoms with Crippen molar-refractivity contribution in [3.63, 3.8) is 0 Å². The summed E-state index contributed by atoms with van der Waals surface area (Å²) in [5.41, 5.74) is -0.117. The summed E-state index contributed by atoms with van der Waals surface area (Å²) in [6.45, 7) is 1.90. The van der Waals surface area contributed by atoms with Gasteiger partial charge in [-0.3, -0.25) is 14.7 Å². The number of carboxylic acid groups (broad SMARTS) is 1. The third kappa shape index (κ3) is 2.79. The summed E-state index contributed by atoms with van der Waals surface area (Å²) in [4.78, 5) is 16.8. The monoisotopic (exact) mass is 240 g/mol. The van der Waals surface area contributed by atoms with Gasteiger partial charge >= 0.3 is 5.97 Å². The molecule has 1 heterocycles. The van der Waals surface area contributed by atoms with Crippen molar-refractivity contribution in [1.29, 1.82) is 0 Å². The Bertz CT molecular complexity index is 392. The van der Waals surface area contributed by atoms with E-state index < -0.39 is 17.3 Å². The highest BCUT2D eigenvalue weighted by Gasteiger charge is 2.36. The molecule has 5 heteroatoms. The quantitative estimate of drug-likeness (QED) is 0.853. The van der Waals surface area contributed by atoms with E-state index in [0.29, 0.717) is 12.1 Å². The molecule has 0 radical (unpaired) electrons.